The van der Waals surface area contributed by atoms with E-state index in [2.05, 4.69) is 10.3 Å². The van der Waals surface area contributed by atoms with Crippen molar-refractivity contribution in [2.45, 2.75) is 38.4 Å². The van der Waals surface area contributed by atoms with E-state index in [1.165, 1.54) is 4.90 Å². The van der Waals surface area contributed by atoms with E-state index in [1.807, 2.05) is 0 Å². The molecule has 0 aliphatic carbocycles. The van der Waals surface area contributed by atoms with Gasteiger partial charge in [0.2, 0.25) is 0 Å². The Bertz CT molecular complexity index is 606. The Hall–Kier alpha value is -1.84. The van der Waals surface area contributed by atoms with E-state index >= 15 is 0 Å². The monoisotopic (exact) mass is 365 g/mol. The topological polar surface area (TPSA) is 82.5 Å². The zero-order valence-corrected chi connectivity index (χ0v) is 13.8. The number of nitrogens with one attached hydrogen (secondary N) is 1. The van der Waals surface area contributed by atoms with Crippen molar-refractivity contribution >= 4 is 23.3 Å². The van der Waals surface area contributed by atoms with Crippen LogP contribution in [0, 0.1) is 5.92 Å². The Morgan fingerprint density at radius 3 is 2.79 bits per heavy atom. The zero-order valence-electron chi connectivity index (χ0n) is 13.0. The summed E-state index contributed by atoms with van der Waals surface area (Å²) in [4.78, 5) is 28.3. The SMILES string of the molecule is CCC(NC(=O)N1CCCC(C(=O)O)C1)c1nc(C(F)(F)F)cs1. The normalized spacial score (nSPS) is 19.8. The fourth-order valence-electron chi connectivity index (χ4n) is 2.52. The van der Waals surface area contributed by atoms with Crippen LogP contribution < -0.4 is 5.32 Å². The fraction of sp³-hybridized carbons (Fsp3) is 0.643. The molecule has 2 atom stereocenters. The third-order valence-electron chi connectivity index (χ3n) is 3.87. The number of hydrogen-bond donors (Lipinski definition) is 2. The summed E-state index contributed by atoms with van der Waals surface area (Å²) >= 11 is 0.845. The van der Waals surface area contributed by atoms with Gasteiger partial charge in [-0.25, -0.2) is 9.78 Å². The van der Waals surface area contributed by atoms with Crippen LogP contribution in [0.3, 0.4) is 0 Å². The first-order valence-electron chi connectivity index (χ1n) is 7.53. The van der Waals surface area contributed by atoms with Gasteiger partial charge in [-0.3, -0.25) is 4.79 Å². The zero-order chi connectivity index (χ0) is 17.9. The predicted octanol–water partition coefficient (Wildman–Crippen LogP) is 3.12. The number of carboxylic acid groups (broad SMARTS) is 1. The van der Waals surface area contributed by atoms with Crippen LogP contribution in [-0.4, -0.2) is 40.1 Å². The van der Waals surface area contributed by atoms with Crippen LogP contribution in [0.15, 0.2) is 5.38 Å². The molecule has 0 aromatic carbocycles. The molecule has 2 heterocycles. The molecule has 6 nitrogen and oxygen atoms in total. The van der Waals surface area contributed by atoms with Gasteiger partial charge in [0.25, 0.3) is 0 Å². The number of aromatic nitrogens is 1. The van der Waals surface area contributed by atoms with Crippen LogP contribution in [0.1, 0.15) is 42.9 Å². The molecular formula is C14H18F3N3O3S. The highest BCUT2D eigenvalue weighted by Gasteiger charge is 2.35. The van der Waals surface area contributed by atoms with Crippen LogP contribution in [0.4, 0.5) is 18.0 Å². The Kier molecular flexibility index (Phi) is 5.68. The molecular weight excluding hydrogens is 347 g/mol. The highest BCUT2D eigenvalue weighted by atomic mass is 32.1. The van der Waals surface area contributed by atoms with Crippen molar-refractivity contribution in [3.05, 3.63) is 16.1 Å². The van der Waals surface area contributed by atoms with E-state index in [0.717, 1.165) is 16.7 Å². The summed E-state index contributed by atoms with van der Waals surface area (Å²) in [5, 5.41) is 12.8. The fourth-order valence-corrected chi connectivity index (χ4v) is 3.48. The third kappa shape index (κ3) is 4.37. The van der Waals surface area contributed by atoms with Crippen molar-refractivity contribution in [2.75, 3.05) is 13.1 Å². The maximum atomic E-state index is 12.6. The summed E-state index contributed by atoms with van der Waals surface area (Å²) < 4.78 is 37.9. The maximum absolute atomic E-state index is 12.6. The second-order valence-corrected chi connectivity index (χ2v) is 6.49. The van der Waals surface area contributed by atoms with Gasteiger partial charge in [-0.1, -0.05) is 6.92 Å². The second-order valence-electron chi connectivity index (χ2n) is 5.60. The molecule has 1 aromatic rings. The number of urea groups is 1. The summed E-state index contributed by atoms with van der Waals surface area (Å²) in [7, 11) is 0. The van der Waals surface area contributed by atoms with Gasteiger partial charge in [0.05, 0.1) is 12.0 Å². The average molecular weight is 365 g/mol. The smallest absolute Gasteiger partial charge is 0.434 e. The quantitative estimate of drug-likeness (QED) is 0.859. The standard InChI is InChI=1S/C14H18F3N3O3S/c1-2-9(11-19-10(7-24-11)14(15,16)17)18-13(23)20-5-3-4-8(6-20)12(21)22/h7-9H,2-6H2,1H3,(H,18,23)(H,21,22). The van der Waals surface area contributed by atoms with Gasteiger partial charge in [-0.15, -0.1) is 11.3 Å². The first-order valence-corrected chi connectivity index (χ1v) is 8.41. The van der Waals surface area contributed by atoms with E-state index in [9.17, 15) is 22.8 Å². The second kappa shape index (κ2) is 7.37. The molecule has 1 saturated heterocycles. The van der Waals surface area contributed by atoms with Crippen molar-refractivity contribution in [2.24, 2.45) is 5.92 Å². The lowest BCUT2D eigenvalue weighted by Crippen LogP contribution is -2.47. The van der Waals surface area contributed by atoms with Crippen molar-refractivity contribution in [3.8, 4) is 0 Å². The molecule has 2 unspecified atom stereocenters. The van der Waals surface area contributed by atoms with Gasteiger partial charge in [0, 0.05) is 18.5 Å². The summed E-state index contributed by atoms with van der Waals surface area (Å²) in [5.41, 5.74) is -0.973. The number of alkyl halides is 3. The lowest BCUT2D eigenvalue weighted by molar-refractivity contribution is -0.143. The molecule has 0 saturated carbocycles. The van der Waals surface area contributed by atoms with Crippen molar-refractivity contribution in [3.63, 3.8) is 0 Å². The summed E-state index contributed by atoms with van der Waals surface area (Å²) in [5.74, 6) is -1.56. The summed E-state index contributed by atoms with van der Waals surface area (Å²) in [6.07, 6.45) is -3.04. The number of amides is 2. The molecule has 10 heteroatoms. The minimum Gasteiger partial charge on any atom is -0.481 e. The Morgan fingerprint density at radius 2 is 2.25 bits per heavy atom. The molecule has 24 heavy (non-hydrogen) atoms. The molecule has 0 spiro atoms. The molecule has 1 aromatic heterocycles. The van der Waals surface area contributed by atoms with E-state index in [4.69, 9.17) is 5.11 Å². The van der Waals surface area contributed by atoms with E-state index < -0.39 is 35.8 Å². The third-order valence-corrected chi connectivity index (χ3v) is 4.83. The van der Waals surface area contributed by atoms with Crippen LogP contribution in [0.5, 0.6) is 0 Å². The average Bonchev–Trinajstić information content (AvgIpc) is 3.02. The molecule has 2 rings (SSSR count). The minimum atomic E-state index is -4.52. The van der Waals surface area contributed by atoms with Crippen molar-refractivity contribution < 1.29 is 27.9 Å². The summed E-state index contributed by atoms with van der Waals surface area (Å²) in [6, 6.07) is -1.11. The number of nitrogens with zero attached hydrogens (tertiary/aromatic N) is 2. The number of thiazole rings is 1. The van der Waals surface area contributed by atoms with Gasteiger partial charge < -0.3 is 15.3 Å². The molecule has 0 radical (unpaired) electrons. The van der Waals surface area contributed by atoms with Gasteiger partial charge in [0.1, 0.15) is 5.01 Å². The lowest BCUT2D eigenvalue weighted by atomic mass is 9.99. The Balaban J connectivity index is 2.03. The number of aliphatic carboxylic acids is 1. The number of carboxylic acids is 1. The van der Waals surface area contributed by atoms with Crippen LogP contribution >= 0.6 is 11.3 Å². The highest BCUT2D eigenvalue weighted by molar-refractivity contribution is 7.09. The first kappa shape index (κ1) is 18.5. The number of hydrogen-bond acceptors (Lipinski definition) is 4. The number of halogens is 3. The van der Waals surface area contributed by atoms with Gasteiger partial charge in [-0.05, 0) is 19.3 Å². The predicted molar refractivity (Wildman–Crippen MR) is 80.6 cm³/mol. The number of carbonyl (C=O) groups excluding carboxylic acids is 1. The minimum absolute atomic E-state index is 0.100. The number of piperidine rings is 1. The maximum Gasteiger partial charge on any atom is 0.434 e. The van der Waals surface area contributed by atoms with Gasteiger partial charge in [0.15, 0.2) is 5.69 Å². The molecule has 2 amide bonds. The molecule has 134 valence electrons. The van der Waals surface area contributed by atoms with E-state index in [1.54, 1.807) is 6.92 Å². The van der Waals surface area contributed by atoms with Crippen molar-refractivity contribution in [1.29, 1.82) is 0 Å². The summed E-state index contributed by atoms with van der Waals surface area (Å²) in [6.45, 7) is 2.26. The molecule has 1 fully saturated rings. The van der Waals surface area contributed by atoms with Gasteiger partial charge >= 0.3 is 18.2 Å². The lowest BCUT2D eigenvalue weighted by Gasteiger charge is -2.31. The number of rotatable bonds is 4. The largest absolute Gasteiger partial charge is 0.481 e. The Labute approximate surface area is 140 Å². The molecule has 1 aliphatic rings. The molecule has 2 N–H and O–H groups in total. The van der Waals surface area contributed by atoms with Crippen LogP contribution in [0.25, 0.3) is 0 Å². The molecule has 0 bridgehead atoms. The highest BCUT2D eigenvalue weighted by Crippen LogP contribution is 2.32. The van der Waals surface area contributed by atoms with Crippen molar-refractivity contribution in [1.82, 2.24) is 15.2 Å². The van der Waals surface area contributed by atoms with E-state index in [-0.39, 0.29) is 11.6 Å². The molecule has 1 aliphatic heterocycles. The van der Waals surface area contributed by atoms with Crippen LogP contribution in [0.2, 0.25) is 0 Å². The Morgan fingerprint density at radius 1 is 1.54 bits per heavy atom. The van der Waals surface area contributed by atoms with Gasteiger partial charge in [-0.2, -0.15) is 13.2 Å². The van der Waals surface area contributed by atoms with E-state index in [0.29, 0.717) is 25.8 Å². The number of carbonyl (C=O) groups is 2. The first-order chi connectivity index (χ1) is 11.2. The van der Waals surface area contributed by atoms with Crippen LogP contribution in [-0.2, 0) is 11.0 Å². The number of likely N-dealkylation sites (tertiary alicyclic amines) is 1.